The fourth-order valence-corrected chi connectivity index (χ4v) is 2.91. The molecule has 128 valence electrons. The van der Waals surface area contributed by atoms with E-state index in [9.17, 15) is 9.18 Å². The second kappa shape index (κ2) is 8.87. The van der Waals surface area contributed by atoms with Crippen LogP contribution in [0.3, 0.4) is 0 Å². The molecule has 1 aliphatic heterocycles. The Hall–Kier alpha value is -1.62. The maximum atomic E-state index is 12.8. The maximum absolute atomic E-state index is 12.8. The smallest absolute Gasteiger partial charge is 0.225 e. The summed E-state index contributed by atoms with van der Waals surface area (Å²) in [5, 5.41) is 0. The SMILES string of the molecule is CCC(CC)C(=O)N1CCN(CCOc2ccc(F)cc2)CC1. The molecule has 0 saturated carbocycles. The average Bonchev–Trinajstić information content (AvgIpc) is 2.58. The number of carbonyl (C=O) groups excluding carboxylic acids is 1. The maximum Gasteiger partial charge on any atom is 0.225 e. The molecule has 0 radical (unpaired) electrons. The molecule has 0 bridgehead atoms. The van der Waals surface area contributed by atoms with Gasteiger partial charge in [0.05, 0.1) is 0 Å². The third kappa shape index (κ3) is 5.20. The molecule has 1 saturated heterocycles. The van der Waals surface area contributed by atoms with Crippen molar-refractivity contribution < 1.29 is 13.9 Å². The number of ether oxygens (including phenoxy) is 1. The minimum absolute atomic E-state index is 0.170. The van der Waals surface area contributed by atoms with Crippen LogP contribution < -0.4 is 4.74 Å². The molecule has 0 atom stereocenters. The van der Waals surface area contributed by atoms with E-state index in [1.807, 2.05) is 4.90 Å². The number of rotatable bonds is 7. The van der Waals surface area contributed by atoms with Gasteiger partial charge in [-0.25, -0.2) is 4.39 Å². The molecule has 1 aromatic carbocycles. The van der Waals surface area contributed by atoms with Gasteiger partial charge in [-0.2, -0.15) is 0 Å². The van der Waals surface area contributed by atoms with Crippen LogP contribution >= 0.6 is 0 Å². The van der Waals surface area contributed by atoms with Crippen molar-refractivity contribution in [2.75, 3.05) is 39.3 Å². The second-order valence-electron chi connectivity index (χ2n) is 5.98. The third-order valence-corrected chi connectivity index (χ3v) is 4.51. The van der Waals surface area contributed by atoms with Crippen LogP contribution in [0.2, 0.25) is 0 Å². The van der Waals surface area contributed by atoms with Gasteiger partial charge in [0.15, 0.2) is 0 Å². The van der Waals surface area contributed by atoms with Gasteiger partial charge in [-0.3, -0.25) is 9.69 Å². The molecule has 2 rings (SSSR count). The summed E-state index contributed by atoms with van der Waals surface area (Å²) in [7, 11) is 0. The monoisotopic (exact) mass is 322 g/mol. The molecule has 1 fully saturated rings. The number of benzene rings is 1. The highest BCUT2D eigenvalue weighted by Crippen LogP contribution is 2.14. The molecule has 1 aromatic rings. The number of nitrogens with zero attached hydrogens (tertiary/aromatic N) is 2. The Morgan fingerprint density at radius 3 is 2.30 bits per heavy atom. The van der Waals surface area contributed by atoms with Crippen LogP contribution in [0.1, 0.15) is 26.7 Å². The summed E-state index contributed by atoms with van der Waals surface area (Å²) in [5.41, 5.74) is 0. The second-order valence-corrected chi connectivity index (χ2v) is 5.98. The highest BCUT2D eigenvalue weighted by Gasteiger charge is 2.25. The lowest BCUT2D eigenvalue weighted by atomic mass is 10.0. The zero-order valence-electron chi connectivity index (χ0n) is 14.1. The molecule has 4 nitrogen and oxygen atoms in total. The minimum atomic E-state index is -0.254. The molecule has 1 amide bonds. The summed E-state index contributed by atoms with van der Waals surface area (Å²) < 4.78 is 18.4. The zero-order valence-corrected chi connectivity index (χ0v) is 14.1. The number of hydrogen-bond donors (Lipinski definition) is 0. The number of carbonyl (C=O) groups is 1. The van der Waals surface area contributed by atoms with Gasteiger partial charge in [-0.05, 0) is 37.1 Å². The Kier molecular flexibility index (Phi) is 6.84. The van der Waals surface area contributed by atoms with Gasteiger partial charge in [0.2, 0.25) is 5.91 Å². The van der Waals surface area contributed by atoms with Gasteiger partial charge < -0.3 is 9.64 Å². The summed E-state index contributed by atoms with van der Waals surface area (Å²) in [6.07, 6.45) is 1.84. The van der Waals surface area contributed by atoms with E-state index >= 15 is 0 Å². The van der Waals surface area contributed by atoms with Crippen molar-refractivity contribution in [1.82, 2.24) is 9.80 Å². The molecule has 0 aliphatic carbocycles. The van der Waals surface area contributed by atoms with Gasteiger partial charge in [0.25, 0.3) is 0 Å². The summed E-state index contributed by atoms with van der Waals surface area (Å²) in [5.74, 6) is 0.908. The number of hydrogen-bond acceptors (Lipinski definition) is 3. The first-order chi connectivity index (χ1) is 11.1. The van der Waals surface area contributed by atoms with Crippen molar-refractivity contribution in [3.05, 3.63) is 30.1 Å². The highest BCUT2D eigenvalue weighted by molar-refractivity contribution is 5.78. The van der Waals surface area contributed by atoms with Gasteiger partial charge in [0.1, 0.15) is 18.2 Å². The highest BCUT2D eigenvalue weighted by atomic mass is 19.1. The van der Waals surface area contributed by atoms with Gasteiger partial charge in [-0.1, -0.05) is 13.8 Å². The van der Waals surface area contributed by atoms with Crippen molar-refractivity contribution in [2.45, 2.75) is 26.7 Å². The van der Waals surface area contributed by atoms with E-state index in [0.717, 1.165) is 45.6 Å². The first kappa shape index (κ1) is 17.7. The van der Waals surface area contributed by atoms with Gasteiger partial charge in [-0.15, -0.1) is 0 Å². The van der Waals surface area contributed by atoms with E-state index in [0.29, 0.717) is 18.3 Å². The average molecular weight is 322 g/mol. The molecule has 0 N–H and O–H groups in total. The van der Waals surface area contributed by atoms with Crippen molar-refractivity contribution in [3.63, 3.8) is 0 Å². The summed E-state index contributed by atoms with van der Waals surface area (Å²) >= 11 is 0. The van der Waals surface area contributed by atoms with Crippen molar-refractivity contribution in [2.24, 2.45) is 5.92 Å². The number of halogens is 1. The molecular formula is C18H27FN2O2. The lowest BCUT2D eigenvalue weighted by Crippen LogP contribution is -2.51. The van der Waals surface area contributed by atoms with E-state index < -0.39 is 0 Å². The summed E-state index contributed by atoms with van der Waals surface area (Å²) in [6, 6.07) is 6.08. The molecular weight excluding hydrogens is 295 g/mol. The summed E-state index contributed by atoms with van der Waals surface area (Å²) in [4.78, 5) is 16.6. The number of piperazine rings is 1. The Bertz CT molecular complexity index is 480. The fraction of sp³-hybridized carbons (Fsp3) is 0.611. The number of amides is 1. The normalized spacial score (nSPS) is 15.9. The minimum Gasteiger partial charge on any atom is -0.492 e. The fourth-order valence-electron chi connectivity index (χ4n) is 2.91. The van der Waals surface area contributed by atoms with E-state index in [1.54, 1.807) is 12.1 Å². The van der Waals surface area contributed by atoms with Crippen molar-refractivity contribution in [3.8, 4) is 5.75 Å². The van der Waals surface area contributed by atoms with Crippen LogP contribution in [0, 0.1) is 11.7 Å². The molecule has 1 heterocycles. The Morgan fingerprint density at radius 2 is 1.74 bits per heavy atom. The lowest BCUT2D eigenvalue weighted by molar-refractivity contribution is -0.137. The Morgan fingerprint density at radius 1 is 1.13 bits per heavy atom. The van der Waals surface area contributed by atoms with Crippen LogP contribution in [-0.2, 0) is 4.79 Å². The van der Waals surface area contributed by atoms with E-state index in [4.69, 9.17) is 4.74 Å². The summed E-state index contributed by atoms with van der Waals surface area (Å²) in [6.45, 7) is 8.93. The molecule has 23 heavy (non-hydrogen) atoms. The van der Waals surface area contributed by atoms with Crippen molar-refractivity contribution in [1.29, 1.82) is 0 Å². The van der Waals surface area contributed by atoms with E-state index in [1.165, 1.54) is 12.1 Å². The standard InChI is InChI=1S/C18H27FN2O2/c1-3-15(4-2)18(22)21-11-9-20(10-12-21)13-14-23-17-7-5-16(19)6-8-17/h5-8,15H,3-4,9-14H2,1-2H3. The van der Waals surface area contributed by atoms with Crippen LogP contribution in [0.15, 0.2) is 24.3 Å². The lowest BCUT2D eigenvalue weighted by Gasteiger charge is -2.36. The Labute approximate surface area is 138 Å². The topological polar surface area (TPSA) is 32.8 Å². The molecule has 0 aromatic heterocycles. The van der Waals surface area contributed by atoms with Gasteiger partial charge in [0, 0.05) is 38.6 Å². The first-order valence-electron chi connectivity index (χ1n) is 8.53. The first-order valence-corrected chi connectivity index (χ1v) is 8.53. The molecule has 0 unspecified atom stereocenters. The Balaban J connectivity index is 1.68. The van der Waals surface area contributed by atoms with Crippen LogP contribution in [0.25, 0.3) is 0 Å². The van der Waals surface area contributed by atoms with Gasteiger partial charge >= 0.3 is 0 Å². The van der Waals surface area contributed by atoms with Crippen LogP contribution in [0.4, 0.5) is 4.39 Å². The van der Waals surface area contributed by atoms with Crippen molar-refractivity contribution >= 4 is 5.91 Å². The quantitative estimate of drug-likeness (QED) is 0.774. The van der Waals surface area contributed by atoms with E-state index in [-0.39, 0.29) is 11.7 Å². The molecule has 1 aliphatic rings. The molecule has 0 spiro atoms. The third-order valence-electron chi connectivity index (χ3n) is 4.51. The van der Waals surface area contributed by atoms with Crippen LogP contribution in [0.5, 0.6) is 5.75 Å². The van der Waals surface area contributed by atoms with Crippen LogP contribution in [-0.4, -0.2) is 55.0 Å². The molecule has 5 heteroatoms. The predicted molar refractivity (Wildman–Crippen MR) is 89.0 cm³/mol. The van der Waals surface area contributed by atoms with E-state index in [2.05, 4.69) is 18.7 Å². The largest absolute Gasteiger partial charge is 0.492 e. The zero-order chi connectivity index (χ0) is 16.7. The predicted octanol–water partition coefficient (Wildman–Crippen LogP) is 2.78.